The highest BCUT2D eigenvalue weighted by Gasteiger charge is 2.22. The molecule has 2 rings (SSSR count). The topological polar surface area (TPSA) is 101 Å². The zero-order valence-corrected chi connectivity index (χ0v) is 11.4. The number of sulfonamides is 1. The molecule has 2 heterocycles. The van der Waals surface area contributed by atoms with Gasteiger partial charge >= 0.3 is 0 Å². The van der Waals surface area contributed by atoms with Gasteiger partial charge in [-0.05, 0) is 17.9 Å². The predicted molar refractivity (Wildman–Crippen MR) is 69.6 cm³/mol. The second-order valence-corrected chi connectivity index (χ2v) is 6.40. The Balaban J connectivity index is 2.22. The molecule has 0 fully saturated rings. The predicted octanol–water partition coefficient (Wildman–Crippen LogP) is 0.717. The summed E-state index contributed by atoms with van der Waals surface area (Å²) < 4.78 is 26.9. The third kappa shape index (κ3) is 2.61. The summed E-state index contributed by atoms with van der Waals surface area (Å²) in [5, 5.41) is 1.80. The van der Waals surface area contributed by atoms with E-state index in [-0.39, 0.29) is 13.1 Å². The number of hydrogen-bond acceptors (Lipinski definition) is 5. The Morgan fingerprint density at radius 1 is 1.56 bits per heavy atom. The van der Waals surface area contributed by atoms with E-state index in [1.54, 1.807) is 24.7 Å². The molecule has 4 N–H and O–H groups in total. The van der Waals surface area contributed by atoms with E-state index in [0.717, 1.165) is 0 Å². The van der Waals surface area contributed by atoms with Crippen molar-refractivity contribution in [1.29, 1.82) is 0 Å². The van der Waals surface area contributed by atoms with Gasteiger partial charge in [-0.25, -0.2) is 18.1 Å². The molecule has 8 heteroatoms. The molecule has 0 spiro atoms. The number of aromatic nitrogens is 2. The van der Waals surface area contributed by atoms with Crippen molar-refractivity contribution in [2.45, 2.75) is 24.9 Å². The summed E-state index contributed by atoms with van der Waals surface area (Å²) in [6, 6.07) is 0. The Hall–Kier alpha value is -1.22. The highest BCUT2D eigenvalue weighted by Crippen LogP contribution is 2.26. The smallest absolute Gasteiger partial charge is 0.242 e. The molecule has 0 aliphatic rings. The van der Waals surface area contributed by atoms with E-state index in [1.807, 2.05) is 0 Å². The maximum Gasteiger partial charge on any atom is 0.242 e. The van der Waals surface area contributed by atoms with Gasteiger partial charge in [-0.3, -0.25) is 0 Å². The van der Waals surface area contributed by atoms with Gasteiger partial charge in [0.1, 0.15) is 10.7 Å². The molecular formula is C10H14N4O2S2. The Morgan fingerprint density at radius 2 is 2.33 bits per heavy atom. The van der Waals surface area contributed by atoms with Crippen molar-refractivity contribution in [3.63, 3.8) is 0 Å². The Kier molecular flexibility index (Phi) is 3.81. The molecule has 18 heavy (non-hydrogen) atoms. The molecule has 0 saturated heterocycles. The lowest BCUT2D eigenvalue weighted by Gasteiger charge is -2.07. The largest absolute Gasteiger partial charge is 0.347 e. The lowest BCUT2D eigenvalue weighted by Crippen LogP contribution is -2.25. The van der Waals surface area contributed by atoms with Crippen molar-refractivity contribution in [1.82, 2.24) is 14.7 Å². The van der Waals surface area contributed by atoms with Crippen LogP contribution in [0, 0.1) is 6.92 Å². The average molecular weight is 286 g/mol. The lowest BCUT2D eigenvalue weighted by atomic mass is 10.3. The molecule has 0 aliphatic heterocycles. The van der Waals surface area contributed by atoms with Gasteiger partial charge in [-0.2, -0.15) is 0 Å². The van der Waals surface area contributed by atoms with E-state index >= 15 is 0 Å². The maximum atomic E-state index is 12.2. The molecule has 0 amide bonds. The summed E-state index contributed by atoms with van der Waals surface area (Å²) in [7, 11) is -3.55. The highest BCUT2D eigenvalue weighted by atomic mass is 32.2. The maximum absolute atomic E-state index is 12.2. The van der Waals surface area contributed by atoms with Crippen LogP contribution in [-0.4, -0.2) is 18.4 Å². The molecule has 0 aliphatic carbocycles. The lowest BCUT2D eigenvalue weighted by molar-refractivity contribution is 0.578. The fraction of sp³-hybridized carbons (Fsp3) is 0.300. The normalized spacial score (nSPS) is 11.9. The van der Waals surface area contributed by atoms with Gasteiger partial charge in [0.05, 0.1) is 6.54 Å². The number of hydrogen-bond donors (Lipinski definition) is 3. The minimum absolute atomic E-state index is 0.134. The van der Waals surface area contributed by atoms with Crippen LogP contribution in [0.15, 0.2) is 22.7 Å². The first-order chi connectivity index (χ1) is 8.54. The van der Waals surface area contributed by atoms with Gasteiger partial charge in [-0.1, -0.05) is 0 Å². The van der Waals surface area contributed by atoms with Crippen LogP contribution in [0.25, 0.3) is 0 Å². The summed E-state index contributed by atoms with van der Waals surface area (Å²) in [6.45, 7) is 2.11. The summed E-state index contributed by atoms with van der Waals surface area (Å²) >= 11 is 1.36. The molecule has 0 bridgehead atoms. The average Bonchev–Trinajstić information content (AvgIpc) is 2.95. The Labute approximate surface area is 109 Å². The van der Waals surface area contributed by atoms with E-state index in [9.17, 15) is 8.42 Å². The van der Waals surface area contributed by atoms with Crippen LogP contribution in [0.2, 0.25) is 0 Å². The molecule has 0 radical (unpaired) electrons. The summed E-state index contributed by atoms with van der Waals surface area (Å²) in [6.07, 6.45) is 3.22. The van der Waals surface area contributed by atoms with Gasteiger partial charge in [-0.15, -0.1) is 11.3 Å². The van der Waals surface area contributed by atoms with E-state index < -0.39 is 10.0 Å². The Bertz CT molecular complexity index is 616. The van der Waals surface area contributed by atoms with Crippen LogP contribution in [0.4, 0.5) is 0 Å². The summed E-state index contributed by atoms with van der Waals surface area (Å²) in [5.41, 5.74) is 6.27. The highest BCUT2D eigenvalue weighted by molar-refractivity contribution is 7.89. The molecule has 98 valence electrons. The quantitative estimate of drug-likeness (QED) is 0.753. The molecule has 0 saturated carbocycles. The van der Waals surface area contributed by atoms with Crippen molar-refractivity contribution in [3.05, 3.63) is 34.0 Å². The summed E-state index contributed by atoms with van der Waals surface area (Å²) in [5.74, 6) is 0.570. The molecule has 2 aromatic rings. The molecular weight excluding hydrogens is 272 g/mol. The van der Waals surface area contributed by atoms with Crippen LogP contribution in [-0.2, 0) is 23.1 Å². The van der Waals surface area contributed by atoms with Crippen molar-refractivity contribution in [2.75, 3.05) is 0 Å². The fourth-order valence-corrected chi connectivity index (χ4v) is 4.31. The number of nitrogens with zero attached hydrogens (tertiary/aromatic N) is 1. The van der Waals surface area contributed by atoms with Crippen LogP contribution >= 0.6 is 11.3 Å². The van der Waals surface area contributed by atoms with E-state index in [1.165, 1.54) is 11.3 Å². The van der Waals surface area contributed by atoms with Gasteiger partial charge in [0.25, 0.3) is 0 Å². The minimum Gasteiger partial charge on any atom is -0.347 e. The number of nitrogens with one attached hydrogen (secondary N) is 2. The minimum atomic E-state index is -3.55. The first kappa shape index (κ1) is 13.2. The Morgan fingerprint density at radius 3 is 2.94 bits per heavy atom. The fourth-order valence-electron chi connectivity index (χ4n) is 1.62. The first-order valence-corrected chi connectivity index (χ1v) is 7.66. The molecule has 0 unspecified atom stereocenters. The van der Waals surface area contributed by atoms with E-state index in [4.69, 9.17) is 5.73 Å². The molecule has 0 aromatic carbocycles. The standard InChI is InChI=1S/C10H14N4O2S2/c1-7-6-17-8(4-11)10(7)18(15,16)14-5-9-12-2-3-13-9/h2-3,6,14H,4-5,11H2,1H3,(H,12,13). The monoisotopic (exact) mass is 286 g/mol. The SMILES string of the molecule is Cc1csc(CN)c1S(=O)(=O)NCc1ncc[nH]1. The number of imidazole rings is 1. The zero-order chi connectivity index (χ0) is 13.2. The first-order valence-electron chi connectivity index (χ1n) is 5.29. The van der Waals surface area contributed by atoms with Crippen LogP contribution in [0.3, 0.4) is 0 Å². The van der Waals surface area contributed by atoms with Crippen LogP contribution in [0.1, 0.15) is 16.3 Å². The van der Waals surface area contributed by atoms with Crippen molar-refractivity contribution >= 4 is 21.4 Å². The number of aryl methyl sites for hydroxylation is 1. The third-order valence-electron chi connectivity index (χ3n) is 2.43. The molecule has 2 aromatic heterocycles. The zero-order valence-electron chi connectivity index (χ0n) is 9.80. The molecule has 6 nitrogen and oxygen atoms in total. The van der Waals surface area contributed by atoms with Gasteiger partial charge in [0, 0.05) is 23.8 Å². The number of nitrogens with two attached hydrogens (primary N) is 1. The van der Waals surface area contributed by atoms with Gasteiger partial charge in [0.2, 0.25) is 10.0 Å². The second kappa shape index (κ2) is 5.19. The third-order valence-corrected chi connectivity index (χ3v) is 5.31. The van der Waals surface area contributed by atoms with E-state index in [0.29, 0.717) is 21.2 Å². The number of rotatable bonds is 5. The van der Waals surface area contributed by atoms with Gasteiger partial charge in [0.15, 0.2) is 0 Å². The number of H-pyrrole nitrogens is 1. The van der Waals surface area contributed by atoms with Gasteiger partial charge < -0.3 is 10.7 Å². The van der Waals surface area contributed by atoms with Crippen LogP contribution < -0.4 is 10.5 Å². The number of thiophene rings is 1. The summed E-state index contributed by atoms with van der Waals surface area (Å²) in [4.78, 5) is 7.76. The molecule has 0 atom stereocenters. The van der Waals surface area contributed by atoms with Crippen molar-refractivity contribution < 1.29 is 8.42 Å². The number of aromatic amines is 1. The van der Waals surface area contributed by atoms with Crippen LogP contribution in [0.5, 0.6) is 0 Å². The second-order valence-electron chi connectivity index (χ2n) is 3.74. The van der Waals surface area contributed by atoms with Crippen molar-refractivity contribution in [3.8, 4) is 0 Å². The van der Waals surface area contributed by atoms with E-state index in [2.05, 4.69) is 14.7 Å². The van der Waals surface area contributed by atoms with Crippen molar-refractivity contribution in [2.24, 2.45) is 5.73 Å².